The number of nitrogens with zero attached hydrogens (tertiary/aromatic N) is 2. The van der Waals surface area contributed by atoms with Gasteiger partial charge in [-0.25, -0.2) is 8.42 Å². The number of aryl methyl sites for hydroxylation is 1. The van der Waals surface area contributed by atoms with Gasteiger partial charge in [0, 0.05) is 25.2 Å². The van der Waals surface area contributed by atoms with Gasteiger partial charge >= 0.3 is 4.87 Å². The zero-order valence-corrected chi connectivity index (χ0v) is 18.6. The van der Waals surface area contributed by atoms with Gasteiger partial charge in [-0.05, 0) is 68.7 Å². The van der Waals surface area contributed by atoms with E-state index >= 15 is 0 Å². The van der Waals surface area contributed by atoms with E-state index in [0.717, 1.165) is 45.6 Å². The van der Waals surface area contributed by atoms with Crippen molar-refractivity contribution in [3.8, 4) is 0 Å². The number of hydrogen-bond acceptors (Lipinski definition) is 5. The van der Waals surface area contributed by atoms with E-state index in [1.165, 1.54) is 13.0 Å². The lowest BCUT2D eigenvalue weighted by atomic mass is 10.0. The number of carbonyl (C=O) groups is 1. The predicted octanol–water partition coefficient (Wildman–Crippen LogP) is 3.74. The fraction of sp³-hybridized carbons (Fsp3) is 0.333. The summed E-state index contributed by atoms with van der Waals surface area (Å²) in [5.74, 6) is -0.0506. The number of fused-ring (bicyclic) bond motifs is 2. The first-order valence-corrected chi connectivity index (χ1v) is 12.1. The second-order valence-corrected chi connectivity index (χ2v) is 10.4. The predicted molar refractivity (Wildman–Crippen MR) is 120 cm³/mol. The third-order valence-electron chi connectivity index (χ3n) is 5.24. The zero-order valence-electron chi connectivity index (χ0n) is 17.0. The molecule has 0 aliphatic carbocycles. The number of anilines is 2. The molecule has 0 unspecified atom stereocenters. The quantitative estimate of drug-likeness (QED) is 0.663. The molecule has 3 aromatic rings. The van der Waals surface area contributed by atoms with Crippen molar-refractivity contribution in [3.05, 3.63) is 51.6 Å². The van der Waals surface area contributed by atoms with Gasteiger partial charge in [0.05, 0.1) is 20.8 Å². The molecule has 0 bridgehead atoms. The maximum Gasteiger partial charge on any atom is 0.308 e. The number of rotatable bonds is 4. The highest BCUT2D eigenvalue weighted by Gasteiger charge is 2.23. The molecule has 4 rings (SSSR count). The molecule has 0 saturated heterocycles. The van der Waals surface area contributed by atoms with Crippen molar-refractivity contribution in [2.24, 2.45) is 0 Å². The molecule has 0 radical (unpaired) electrons. The van der Waals surface area contributed by atoms with E-state index in [4.69, 9.17) is 0 Å². The van der Waals surface area contributed by atoms with Crippen LogP contribution >= 0.6 is 11.3 Å². The van der Waals surface area contributed by atoms with Gasteiger partial charge in [-0.1, -0.05) is 11.3 Å². The fourth-order valence-electron chi connectivity index (χ4n) is 3.87. The van der Waals surface area contributed by atoms with E-state index in [2.05, 4.69) is 4.72 Å². The SMILES string of the molecule is CC(=O)N1CCCc2cc(S(=O)(=O)Nc3ccc4c(c3)sc(=O)n4C(C)C)ccc21. The van der Waals surface area contributed by atoms with Gasteiger partial charge in [-0.2, -0.15) is 0 Å². The highest BCUT2D eigenvalue weighted by Crippen LogP contribution is 2.31. The number of hydrogen-bond donors (Lipinski definition) is 1. The summed E-state index contributed by atoms with van der Waals surface area (Å²) >= 11 is 1.10. The van der Waals surface area contributed by atoms with E-state index < -0.39 is 10.0 Å². The van der Waals surface area contributed by atoms with Crippen LogP contribution in [0.1, 0.15) is 38.8 Å². The summed E-state index contributed by atoms with van der Waals surface area (Å²) in [6.45, 7) is 6.03. The van der Waals surface area contributed by atoms with Crippen molar-refractivity contribution < 1.29 is 13.2 Å². The Kier molecular flexibility index (Phi) is 5.19. The Morgan fingerprint density at radius 1 is 1.17 bits per heavy atom. The molecular formula is C21H23N3O4S2. The van der Waals surface area contributed by atoms with Crippen LogP contribution in [0.4, 0.5) is 11.4 Å². The van der Waals surface area contributed by atoms with Crippen LogP contribution in [0.2, 0.25) is 0 Å². The van der Waals surface area contributed by atoms with Gasteiger partial charge in [0.1, 0.15) is 0 Å². The van der Waals surface area contributed by atoms with Crippen molar-refractivity contribution in [2.75, 3.05) is 16.2 Å². The van der Waals surface area contributed by atoms with Crippen LogP contribution in [0.5, 0.6) is 0 Å². The molecule has 1 aliphatic rings. The van der Waals surface area contributed by atoms with Crippen LogP contribution in [0.25, 0.3) is 10.2 Å². The third-order valence-corrected chi connectivity index (χ3v) is 7.54. The second kappa shape index (κ2) is 7.55. The molecule has 0 atom stereocenters. The van der Waals surface area contributed by atoms with Gasteiger partial charge in [0.2, 0.25) is 5.91 Å². The topological polar surface area (TPSA) is 88.5 Å². The van der Waals surface area contributed by atoms with Crippen LogP contribution in [0, 0.1) is 0 Å². The molecule has 0 fully saturated rings. The molecule has 1 aromatic heterocycles. The van der Waals surface area contributed by atoms with Gasteiger partial charge < -0.3 is 4.90 Å². The van der Waals surface area contributed by atoms with Crippen molar-refractivity contribution in [2.45, 2.75) is 44.6 Å². The number of nitrogens with one attached hydrogen (secondary N) is 1. The van der Waals surface area contributed by atoms with Crippen molar-refractivity contribution in [1.82, 2.24) is 4.57 Å². The monoisotopic (exact) mass is 445 g/mol. The fourth-order valence-corrected chi connectivity index (χ4v) is 6.02. The van der Waals surface area contributed by atoms with Gasteiger partial charge in [-0.15, -0.1) is 0 Å². The molecular weight excluding hydrogens is 422 g/mol. The lowest BCUT2D eigenvalue weighted by Crippen LogP contribution is -2.33. The number of thiazole rings is 1. The summed E-state index contributed by atoms with van der Waals surface area (Å²) in [6, 6.07) is 10.0. The first kappa shape index (κ1) is 20.6. The molecule has 1 aliphatic heterocycles. The summed E-state index contributed by atoms with van der Waals surface area (Å²) in [4.78, 5) is 25.8. The van der Waals surface area contributed by atoms with Crippen LogP contribution < -0.4 is 14.5 Å². The molecule has 1 amide bonds. The molecule has 2 aromatic carbocycles. The van der Waals surface area contributed by atoms with E-state index in [9.17, 15) is 18.0 Å². The largest absolute Gasteiger partial charge is 0.312 e. The minimum Gasteiger partial charge on any atom is -0.312 e. The Morgan fingerprint density at radius 2 is 1.93 bits per heavy atom. The smallest absolute Gasteiger partial charge is 0.308 e. The average Bonchev–Trinajstić information content (AvgIpc) is 3.01. The van der Waals surface area contributed by atoms with Crippen LogP contribution in [0.15, 0.2) is 46.1 Å². The van der Waals surface area contributed by atoms with Crippen molar-refractivity contribution in [1.29, 1.82) is 0 Å². The molecule has 1 N–H and O–H groups in total. The van der Waals surface area contributed by atoms with Gasteiger partial charge in [-0.3, -0.25) is 18.9 Å². The summed E-state index contributed by atoms with van der Waals surface area (Å²) in [5, 5.41) is 0. The number of sulfonamides is 1. The molecule has 30 heavy (non-hydrogen) atoms. The van der Waals surface area contributed by atoms with Crippen LogP contribution in [0.3, 0.4) is 0 Å². The molecule has 0 saturated carbocycles. The Hall–Kier alpha value is -2.65. The second-order valence-electron chi connectivity index (χ2n) is 7.68. The first-order valence-electron chi connectivity index (χ1n) is 9.76. The number of carbonyl (C=O) groups excluding carboxylic acids is 1. The summed E-state index contributed by atoms with van der Waals surface area (Å²) in [7, 11) is -3.81. The number of aromatic nitrogens is 1. The highest BCUT2D eigenvalue weighted by molar-refractivity contribution is 7.92. The lowest BCUT2D eigenvalue weighted by molar-refractivity contribution is -0.116. The Balaban J connectivity index is 1.66. The summed E-state index contributed by atoms with van der Waals surface area (Å²) < 4.78 is 31.0. The minimum absolute atomic E-state index is 0.0267. The average molecular weight is 446 g/mol. The maximum atomic E-state index is 13.0. The Labute approximate surface area is 179 Å². The standard InChI is InChI=1S/C21H23N3O4S2/c1-13(2)24-19-8-6-16(12-20(19)29-21(24)26)22-30(27,28)17-7-9-18-15(11-17)5-4-10-23(18)14(3)25/h6-9,11-13,22H,4-5,10H2,1-3H3. The van der Waals surface area contributed by atoms with Crippen LogP contribution in [-0.2, 0) is 21.2 Å². The highest BCUT2D eigenvalue weighted by atomic mass is 32.2. The van der Waals surface area contributed by atoms with Gasteiger partial charge in [0.25, 0.3) is 10.0 Å². The molecule has 2 heterocycles. The Morgan fingerprint density at radius 3 is 2.63 bits per heavy atom. The van der Waals surface area contributed by atoms with Gasteiger partial charge in [0.15, 0.2) is 0 Å². The van der Waals surface area contributed by atoms with Crippen molar-refractivity contribution >= 4 is 48.9 Å². The van der Waals surface area contributed by atoms with E-state index in [1.54, 1.807) is 39.8 Å². The van der Waals surface area contributed by atoms with E-state index in [1.807, 2.05) is 13.8 Å². The zero-order chi connectivity index (χ0) is 21.6. The van der Waals surface area contributed by atoms with E-state index in [0.29, 0.717) is 12.2 Å². The van der Waals surface area contributed by atoms with Crippen LogP contribution in [-0.4, -0.2) is 25.4 Å². The number of benzene rings is 2. The Bertz CT molecular complexity index is 1310. The molecule has 9 heteroatoms. The summed E-state index contributed by atoms with van der Waals surface area (Å²) in [6.07, 6.45) is 1.52. The summed E-state index contributed by atoms with van der Waals surface area (Å²) in [5.41, 5.74) is 2.82. The minimum atomic E-state index is -3.81. The van der Waals surface area contributed by atoms with Crippen molar-refractivity contribution in [3.63, 3.8) is 0 Å². The third kappa shape index (κ3) is 3.63. The molecule has 7 nitrogen and oxygen atoms in total. The first-order chi connectivity index (χ1) is 14.2. The lowest BCUT2D eigenvalue weighted by Gasteiger charge is -2.28. The number of amides is 1. The van der Waals surface area contributed by atoms with E-state index in [-0.39, 0.29) is 21.7 Å². The normalized spacial score (nSPS) is 14.2. The molecule has 158 valence electrons. The molecule has 0 spiro atoms. The maximum absolute atomic E-state index is 13.0.